The minimum absolute atomic E-state index is 0.144. The number of aromatic nitrogens is 1. The second-order valence-corrected chi connectivity index (χ2v) is 5.95. The van der Waals surface area contributed by atoms with Crippen molar-refractivity contribution in [2.75, 3.05) is 19.8 Å². The molecule has 1 amide bonds. The molecule has 0 saturated heterocycles. The van der Waals surface area contributed by atoms with Crippen molar-refractivity contribution in [3.63, 3.8) is 0 Å². The lowest BCUT2D eigenvalue weighted by Crippen LogP contribution is -2.29. The van der Waals surface area contributed by atoms with Gasteiger partial charge in [-0.1, -0.05) is 12.1 Å². The fourth-order valence-electron chi connectivity index (χ4n) is 1.94. The van der Waals surface area contributed by atoms with Crippen molar-refractivity contribution in [2.45, 2.75) is 12.8 Å². The summed E-state index contributed by atoms with van der Waals surface area (Å²) >= 11 is 1.45. The maximum atomic E-state index is 12.9. The number of hydrogen-bond acceptors (Lipinski definition) is 5. The summed E-state index contributed by atoms with van der Waals surface area (Å²) in [6.07, 6.45) is 0.744. The summed E-state index contributed by atoms with van der Waals surface area (Å²) in [7, 11) is 0. The highest BCUT2D eigenvalue weighted by Crippen LogP contribution is 2.15. The third-order valence-electron chi connectivity index (χ3n) is 3.00. The zero-order chi connectivity index (χ0) is 17.4. The Morgan fingerprint density at radius 2 is 2.04 bits per heavy atom. The van der Waals surface area contributed by atoms with Crippen molar-refractivity contribution in [3.05, 3.63) is 51.7 Å². The van der Waals surface area contributed by atoms with E-state index < -0.39 is 5.97 Å². The van der Waals surface area contributed by atoms with Gasteiger partial charge in [0, 0.05) is 18.3 Å². The number of carbonyl (C=O) groups is 2. The molecule has 1 heterocycles. The van der Waals surface area contributed by atoms with Crippen LogP contribution in [0.2, 0.25) is 0 Å². The number of hydrogen-bond donors (Lipinski definition) is 2. The number of nitrogens with one attached hydrogen (secondary N) is 1. The molecule has 24 heavy (non-hydrogen) atoms. The summed E-state index contributed by atoms with van der Waals surface area (Å²) in [5.74, 6) is -1.52. The molecule has 0 aliphatic rings. The van der Waals surface area contributed by atoms with Crippen molar-refractivity contribution in [1.29, 1.82) is 0 Å². The van der Waals surface area contributed by atoms with E-state index in [-0.39, 0.29) is 37.9 Å². The topological polar surface area (TPSA) is 88.5 Å². The Morgan fingerprint density at radius 3 is 2.75 bits per heavy atom. The van der Waals surface area contributed by atoms with E-state index in [1.807, 2.05) is 5.38 Å². The molecule has 0 atom stereocenters. The van der Waals surface area contributed by atoms with E-state index >= 15 is 0 Å². The molecule has 0 fully saturated rings. The zero-order valence-corrected chi connectivity index (χ0v) is 13.6. The lowest BCUT2D eigenvalue weighted by molar-refractivity contribution is -0.142. The van der Waals surface area contributed by atoms with E-state index in [0.717, 1.165) is 10.6 Å². The van der Waals surface area contributed by atoms with E-state index in [4.69, 9.17) is 9.84 Å². The van der Waals surface area contributed by atoms with Gasteiger partial charge >= 0.3 is 5.97 Å². The first-order valence-corrected chi connectivity index (χ1v) is 8.15. The molecule has 2 rings (SSSR count). The van der Waals surface area contributed by atoms with Crippen LogP contribution in [0.4, 0.5) is 4.39 Å². The normalized spacial score (nSPS) is 10.5. The molecule has 0 aliphatic heterocycles. The molecule has 8 heteroatoms. The Labute approximate surface area is 142 Å². The van der Waals surface area contributed by atoms with Crippen molar-refractivity contribution in [1.82, 2.24) is 10.3 Å². The molecule has 1 aromatic carbocycles. The van der Waals surface area contributed by atoms with Gasteiger partial charge in [0.15, 0.2) is 0 Å². The summed E-state index contributed by atoms with van der Waals surface area (Å²) in [5.41, 5.74) is 1.62. The highest BCUT2D eigenvalue weighted by molar-refractivity contribution is 7.09. The average molecular weight is 352 g/mol. The Bertz CT molecular complexity index is 688. The summed E-state index contributed by atoms with van der Waals surface area (Å²) in [6.45, 7) is 0.0122. The molecule has 0 aliphatic carbocycles. The number of amides is 1. The number of thiazole rings is 1. The van der Waals surface area contributed by atoms with E-state index in [1.165, 1.54) is 23.5 Å². The van der Waals surface area contributed by atoms with Crippen molar-refractivity contribution >= 4 is 23.2 Å². The predicted molar refractivity (Wildman–Crippen MR) is 86.5 cm³/mol. The Morgan fingerprint density at radius 1 is 1.29 bits per heavy atom. The fourth-order valence-corrected chi connectivity index (χ4v) is 2.77. The molecule has 0 spiro atoms. The van der Waals surface area contributed by atoms with E-state index in [0.29, 0.717) is 12.1 Å². The van der Waals surface area contributed by atoms with Crippen molar-refractivity contribution < 1.29 is 23.8 Å². The summed E-state index contributed by atoms with van der Waals surface area (Å²) in [5, 5.41) is 13.7. The molecule has 0 bridgehead atoms. The number of aliphatic carboxylic acids is 1. The third kappa shape index (κ3) is 6.43. The van der Waals surface area contributed by atoms with Gasteiger partial charge in [-0.3, -0.25) is 4.79 Å². The first-order valence-electron chi connectivity index (χ1n) is 7.27. The Balaban J connectivity index is 1.73. The van der Waals surface area contributed by atoms with Crippen LogP contribution in [0, 0.1) is 5.82 Å². The van der Waals surface area contributed by atoms with Gasteiger partial charge in [0.25, 0.3) is 0 Å². The lowest BCUT2D eigenvalue weighted by Gasteiger charge is -2.04. The number of ether oxygens (including phenoxy) is 1. The van der Waals surface area contributed by atoms with Crippen LogP contribution in [0.3, 0.4) is 0 Å². The van der Waals surface area contributed by atoms with Gasteiger partial charge in [0.05, 0.1) is 23.7 Å². The zero-order valence-electron chi connectivity index (χ0n) is 12.8. The second kappa shape index (κ2) is 9.09. The van der Waals surface area contributed by atoms with Gasteiger partial charge in [-0.15, -0.1) is 11.3 Å². The average Bonchev–Trinajstić information content (AvgIpc) is 2.96. The standard InChI is InChI=1S/C16H17FN2O4S/c17-12-3-1-11(2-4-12)7-15-19-13(10-24-15)8-14(20)18-5-6-23-9-16(21)22/h1-4,10H,5-9H2,(H,18,20)(H,21,22). The van der Waals surface area contributed by atoms with E-state index in [2.05, 4.69) is 10.3 Å². The first-order chi connectivity index (χ1) is 11.5. The van der Waals surface area contributed by atoms with E-state index in [9.17, 15) is 14.0 Å². The third-order valence-corrected chi connectivity index (χ3v) is 3.90. The van der Waals surface area contributed by atoms with Gasteiger partial charge in [-0.2, -0.15) is 0 Å². The van der Waals surface area contributed by atoms with Gasteiger partial charge in [-0.25, -0.2) is 14.2 Å². The van der Waals surface area contributed by atoms with Gasteiger partial charge in [0.2, 0.25) is 5.91 Å². The van der Waals surface area contributed by atoms with Crippen molar-refractivity contribution in [3.8, 4) is 0 Å². The van der Waals surface area contributed by atoms with Crippen LogP contribution in [0.15, 0.2) is 29.6 Å². The van der Waals surface area contributed by atoms with Crippen LogP contribution in [-0.2, 0) is 27.2 Å². The van der Waals surface area contributed by atoms with Crippen LogP contribution in [0.1, 0.15) is 16.3 Å². The molecule has 2 aromatic rings. The molecular weight excluding hydrogens is 335 g/mol. The number of carboxylic acids is 1. The monoisotopic (exact) mass is 352 g/mol. The molecule has 0 saturated carbocycles. The van der Waals surface area contributed by atoms with Crippen LogP contribution in [0.5, 0.6) is 0 Å². The second-order valence-electron chi connectivity index (χ2n) is 5.01. The SMILES string of the molecule is O=C(O)COCCNC(=O)Cc1csc(Cc2ccc(F)cc2)n1. The number of benzene rings is 1. The summed E-state index contributed by atoms with van der Waals surface area (Å²) in [4.78, 5) is 26.4. The summed E-state index contributed by atoms with van der Waals surface area (Å²) < 4.78 is 17.7. The fraction of sp³-hybridized carbons (Fsp3) is 0.312. The Hall–Kier alpha value is -2.32. The molecule has 0 unspecified atom stereocenters. The predicted octanol–water partition coefficient (Wildman–Crippen LogP) is 1.63. The van der Waals surface area contributed by atoms with Gasteiger partial charge < -0.3 is 15.2 Å². The maximum absolute atomic E-state index is 12.9. The number of halogens is 1. The van der Waals surface area contributed by atoms with Crippen LogP contribution >= 0.6 is 11.3 Å². The van der Waals surface area contributed by atoms with Crippen LogP contribution in [-0.4, -0.2) is 41.7 Å². The van der Waals surface area contributed by atoms with Gasteiger partial charge in [-0.05, 0) is 17.7 Å². The molecule has 128 valence electrons. The molecule has 2 N–H and O–H groups in total. The number of carboxylic acid groups (broad SMARTS) is 1. The molecular formula is C16H17FN2O4S. The highest BCUT2D eigenvalue weighted by atomic mass is 32.1. The van der Waals surface area contributed by atoms with Crippen LogP contribution in [0.25, 0.3) is 0 Å². The smallest absolute Gasteiger partial charge is 0.329 e. The minimum atomic E-state index is -1.04. The number of rotatable bonds is 9. The number of carbonyl (C=O) groups excluding carboxylic acids is 1. The molecule has 0 radical (unpaired) electrons. The molecule has 1 aromatic heterocycles. The highest BCUT2D eigenvalue weighted by Gasteiger charge is 2.08. The number of nitrogens with zero attached hydrogens (tertiary/aromatic N) is 1. The quantitative estimate of drug-likeness (QED) is 0.670. The van der Waals surface area contributed by atoms with Crippen molar-refractivity contribution in [2.24, 2.45) is 0 Å². The molecule has 6 nitrogen and oxygen atoms in total. The van der Waals surface area contributed by atoms with Crippen LogP contribution < -0.4 is 5.32 Å². The lowest BCUT2D eigenvalue weighted by atomic mass is 10.1. The summed E-state index contributed by atoms with van der Waals surface area (Å²) in [6, 6.07) is 6.23. The van der Waals surface area contributed by atoms with Gasteiger partial charge in [0.1, 0.15) is 12.4 Å². The Kier molecular flexibility index (Phi) is 6.83. The largest absolute Gasteiger partial charge is 0.480 e. The minimum Gasteiger partial charge on any atom is -0.480 e. The van der Waals surface area contributed by atoms with E-state index in [1.54, 1.807) is 12.1 Å². The first kappa shape index (κ1) is 18.0. The maximum Gasteiger partial charge on any atom is 0.329 e.